The number of rotatable bonds is 7. The van der Waals surface area contributed by atoms with Gasteiger partial charge >= 0.3 is 0 Å². The van der Waals surface area contributed by atoms with Gasteiger partial charge in [0.25, 0.3) is 11.5 Å². The van der Waals surface area contributed by atoms with Gasteiger partial charge in [-0.25, -0.2) is 9.67 Å². The number of benzene rings is 2. The Bertz CT molecular complexity index is 1450. The van der Waals surface area contributed by atoms with Crippen molar-refractivity contribution in [1.29, 1.82) is 0 Å². The fourth-order valence-corrected chi connectivity index (χ4v) is 4.10. The number of fused-ring (bicyclic) bond motifs is 1. The van der Waals surface area contributed by atoms with Gasteiger partial charge in [-0.2, -0.15) is 5.10 Å². The summed E-state index contributed by atoms with van der Waals surface area (Å²) in [6.45, 7) is 8.81. The highest BCUT2D eigenvalue weighted by atomic mass is 16.2. The van der Waals surface area contributed by atoms with Crippen LogP contribution >= 0.6 is 0 Å². The molecule has 0 aliphatic rings. The molecule has 0 saturated carbocycles. The molecule has 0 unspecified atom stereocenters. The third kappa shape index (κ3) is 4.98. The molecular weight excluding hydrogens is 444 g/mol. The first kappa shape index (κ1) is 23.9. The Labute approximate surface area is 203 Å². The van der Waals surface area contributed by atoms with Crippen LogP contribution in [-0.4, -0.2) is 49.1 Å². The van der Waals surface area contributed by atoms with Crippen LogP contribution in [0.15, 0.2) is 59.8 Å². The number of nitrogens with one attached hydrogen (secondary N) is 1. The number of amides is 2. The highest BCUT2D eigenvalue weighted by Crippen LogP contribution is 2.17. The average Bonchev–Trinajstić information content (AvgIpc) is 3.26. The molecule has 180 valence electrons. The van der Waals surface area contributed by atoms with Crippen LogP contribution in [0.5, 0.6) is 0 Å². The Morgan fingerprint density at radius 3 is 2.43 bits per heavy atom. The van der Waals surface area contributed by atoms with Crippen molar-refractivity contribution in [2.45, 2.75) is 34.2 Å². The van der Waals surface area contributed by atoms with E-state index in [9.17, 15) is 14.4 Å². The minimum atomic E-state index is -0.401. The lowest BCUT2D eigenvalue weighted by Crippen LogP contribution is -2.30. The number of nitrogens with zero attached hydrogens (tertiary/aromatic N) is 5. The first-order valence-electron chi connectivity index (χ1n) is 11.5. The van der Waals surface area contributed by atoms with E-state index in [1.54, 1.807) is 33.8 Å². The minimum Gasteiger partial charge on any atom is -0.339 e. The standard InChI is InChI=1S/C26H28N6O3/c1-5-30(6-2)25(34)19-8-7-9-20(13-19)29-23(33)15-31-16-27-24-22(26(31)35)14-28-32(24)21-11-17(3)10-18(4)12-21/h7-14,16H,5-6,15H2,1-4H3,(H,29,33). The Hall–Kier alpha value is -4.27. The number of hydrogen-bond donors (Lipinski definition) is 1. The maximum absolute atomic E-state index is 13.0. The first-order chi connectivity index (χ1) is 16.8. The predicted octanol–water partition coefficient (Wildman–Crippen LogP) is 3.32. The fourth-order valence-electron chi connectivity index (χ4n) is 4.10. The van der Waals surface area contributed by atoms with Crippen molar-refractivity contribution in [3.05, 3.63) is 82.0 Å². The fraction of sp³-hybridized carbons (Fsp3) is 0.269. The zero-order chi connectivity index (χ0) is 25.1. The molecule has 0 radical (unpaired) electrons. The second-order valence-electron chi connectivity index (χ2n) is 8.42. The minimum absolute atomic E-state index is 0.0993. The van der Waals surface area contributed by atoms with Gasteiger partial charge in [-0.1, -0.05) is 12.1 Å². The van der Waals surface area contributed by atoms with E-state index < -0.39 is 5.91 Å². The van der Waals surface area contributed by atoms with Crippen molar-refractivity contribution < 1.29 is 9.59 Å². The Kier molecular flexibility index (Phi) is 6.77. The van der Waals surface area contributed by atoms with E-state index in [0.717, 1.165) is 16.8 Å². The molecule has 9 nitrogen and oxygen atoms in total. The van der Waals surface area contributed by atoms with Crippen LogP contribution in [0.4, 0.5) is 5.69 Å². The zero-order valence-electron chi connectivity index (χ0n) is 20.3. The summed E-state index contributed by atoms with van der Waals surface area (Å²) >= 11 is 0. The summed E-state index contributed by atoms with van der Waals surface area (Å²) in [7, 11) is 0. The van der Waals surface area contributed by atoms with Crippen LogP contribution in [0.1, 0.15) is 35.3 Å². The van der Waals surface area contributed by atoms with Gasteiger partial charge in [0.1, 0.15) is 18.3 Å². The van der Waals surface area contributed by atoms with Crippen molar-refractivity contribution in [3.8, 4) is 5.69 Å². The maximum Gasteiger partial charge on any atom is 0.264 e. The lowest BCUT2D eigenvalue weighted by Gasteiger charge is -2.19. The summed E-state index contributed by atoms with van der Waals surface area (Å²) in [5.41, 5.74) is 4.03. The molecule has 2 aromatic heterocycles. The van der Waals surface area contributed by atoms with E-state index >= 15 is 0 Å². The molecule has 2 heterocycles. The van der Waals surface area contributed by atoms with E-state index in [2.05, 4.69) is 21.5 Å². The first-order valence-corrected chi connectivity index (χ1v) is 11.5. The maximum atomic E-state index is 13.0. The summed E-state index contributed by atoms with van der Waals surface area (Å²) in [5, 5.41) is 7.44. The van der Waals surface area contributed by atoms with Crippen molar-refractivity contribution in [2.75, 3.05) is 18.4 Å². The van der Waals surface area contributed by atoms with Crippen LogP contribution in [-0.2, 0) is 11.3 Å². The van der Waals surface area contributed by atoms with E-state index in [-0.39, 0.29) is 18.0 Å². The van der Waals surface area contributed by atoms with Gasteiger partial charge in [0, 0.05) is 24.3 Å². The second-order valence-corrected chi connectivity index (χ2v) is 8.42. The van der Waals surface area contributed by atoms with E-state index in [4.69, 9.17) is 0 Å². The van der Waals surface area contributed by atoms with Crippen LogP contribution in [0, 0.1) is 13.8 Å². The lowest BCUT2D eigenvalue weighted by molar-refractivity contribution is -0.116. The van der Waals surface area contributed by atoms with E-state index in [1.807, 2.05) is 39.8 Å². The second kappa shape index (κ2) is 9.92. The van der Waals surface area contributed by atoms with Crippen LogP contribution in [0.25, 0.3) is 16.7 Å². The van der Waals surface area contributed by atoms with Crippen molar-refractivity contribution >= 4 is 28.5 Å². The average molecular weight is 473 g/mol. The molecule has 0 bridgehead atoms. The van der Waals surface area contributed by atoms with E-state index in [1.165, 1.54) is 17.1 Å². The van der Waals surface area contributed by atoms with Gasteiger partial charge in [0.2, 0.25) is 5.91 Å². The third-order valence-electron chi connectivity index (χ3n) is 5.76. The SMILES string of the molecule is CCN(CC)C(=O)c1cccc(NC(=O)Cn2cnc3c(cnn3-c3cc(C)cc(C)c3)c2=O)c1. The molecule has 2 amide bonds. The van der Waals surface area contributed by atoms with Crippen LogP contribution in [0.2, 0.25) is 0 Å². The Morgan fingerprint density at radius 1 is 1.03 bits per heavy atom. The van der Waals surface area contributed by atoms with Crippen LogP contribution < -0.4 is 10.9 Å². The molecule has 4 rings (SSSR count). The monoisotopic (exact) mass is 472 g/mol. The topological polar surface area (TPSA) is 102 Å². The van der Waals surface area contributed by atoms with Gasteiger partial charge in [-0.3, -0.25) is 19.0 Å². The number of aryl methyl sites for hydroxylation is 2. The number of carbonyl (C=O) groups excluding carboxylic acids is 2. The summed E-state index contributed by atoms with van der Waals surface area (Å²) in [6.07, 6.45) is 2.82. The normalized spacial score (nSPS) is 11.0. The van der Waals surface area contributed by atoms with Gasteiger partial charge < -0.3 is 10.2 Å². The molecule has 0 spiro atoms. The van der Waals surface area contributed by atoms with Crippen LogP contribution in [0.3, 0.4) is 0 Å². The Morgan fingerprint density at radius 2 is 1.74 bits per heavy atom. The highest BCUT2D eigenvalue weighted by molar-refractivity contribution is 5.97. The molecule has 0 aliphatic carbocycles. The smallest absolute Gasteiger partial charge is 0.264 e. The molecular formula is C26H28N6O3. The number of carbonyl (C=O) groups is 2. The summed E-state index contributed by atoms with van der Waals surface area (Å²) in [5.74, 6) is -0.500. The van der Waals surface area contributed by atoms with Gasteiger partial charge in [-0.05, 0) is 69.2 Å². The van der Waals surface area contributed by atoms with Gasteiger partial charge in [0.05, 0.1) is 11.9 Å². The number of anilines is 1. The molecule has 35 heavy (non-hydrogen) atoms. The zero-order valence-corrected chi connectivity index (χ0v) is 20.3. The molecule has 0 aliphatic heterocycles. The molecule has 0 saturated heterocycles. The summed E-state index contributed by atoms with van der Waals surface area (Å²) in [6, 6.07) is 12.8. The molecule has 2 aromatic carbocycles. The lowest BCUT2D eigenvalue weighted by atomic mass is 10.1. The number of aromatic nitrogens is 4. The van der Waals surface area contributed by atoms with Crippen molar-refractivity contribution in [3.63, 3.8) is 0 Å². The van der Waals surface area contributed by atoms with Crippen molar-refractivity contribution in [1.82, 2.24) is 24.2 Å². The number of hydrogen-bond acceptors (Lipinski definition) is 5. The molecule has 4 aromatic rings. The highest BCUT2D eigenvalue weighted by Gasteiger charge is 2.15. The summed E-state index contributed by atoms with van der Waals surface area (Å²) < 4.78 is 2.87. The predicted molar refractivity (Wildman–Crippen MR) is 135 cm³/mol. The molecule has 0 atom stereocenters. The van der Waals surface area contributed by atoms with Crippen molar-refractivity contribution in [2.24, 2.45) is 0 Å². The molecule has 9 heteroatoms. The molecule has 1 N–H and O–H groups in total. The molecule has 0 fully saturated rings. The Balaban J connectivity index is 1.54. The van der Waals surface area contributed by atoms with Gasteiger partial charge in [0.15, 0.2) is 5.65 Å². The quantitative estimate of drug-likeness (QED) is 0.445. The van der Waals surface area contributed by atoms with Gasteiger partial charge in [-0.15, -0.1) is 0 Å². The third-order valence-corrected chi connectivity index (χ3v) is 5.76. The largest absolute Gasteiger partial charge is 0.339 e. The summed E-state index contributed by atoms with van der Waals surface area (Å²) in [4.78, 5) is 44.4. The van der Waals surface area contributed by atoms with E-state index in [0.29, 0.717) is 35.4 Å².